The lowest BCUT2D eigenvalue weighted by atomic mass is 10.1. The maximum atomic E-state index is 12.8. The highest BCUT2D eigenvalue weighted by Crippen LogP contribution is 2.22. The molecule has 1 heterocycles. The van der Waals surface area contributed by atoms with E-state index in [0.717, 1.165) is 10.4 Å². The van der Waals surface area contributed by atoms with Gasteiger partial charge in [-0.2, -0.15) is 0 Å². The second kappa shape index (κ2) is 7.94. The molecule has 0 aliphatic carbocycles. The molecule has 0 aliphatic heterocycles. The molecule has 7 heteroatoms. The van der Waals surface area contributed by atoms with Gasteiger partial charge in [-0.15, -0.1) is 11.3 Å². The van der Waals surface area contributed by atoms with Gasteiger partial charge in [0, 0.05) is 42.7 Å². The van der Waals surface area contributed by atoms with Gasteiger partial charge in [-0.25, -0.2) is 0 Å². The van der Waals surface area contributed by atoms with E-state index in [-0.39, 0.29) is 17.7 Å². The van der Waals surface area contributed by atoms with Gasteiger partial charge >= 0.3 is 0 Å². The zero-order valence-electron chi connectivity index (χ0n) is 14.7. The zero-order valence-corrected chi connectivity index (χ0v) is 15.5. The number of nitrogens with one attached hydrogen (secondary N) is 2. The predicted molar refractivity (Wildman–Crippen MR) is 99.9 cm³/mol. The average Bonchev–Trinajstić information content (AvgIpc) is 2.90. The monoisotopic (exact) mass is 359 g/mol. The maximum absolute atomic E-state index is 12.8. The number of rotatable bonds is 5. The van der Waals surface area contributed by atoms with E-state index in [1.165, 1.54) is 13.8 Å². The smallest absolute Gasteiger partial charge is 0.254 e. The second-order valence-corrected chi connectivity index (χ2v) is 6.85. The van der Waals surface area contributed by atoms with Crippen molar-refractivity contribution >= 4 is 40.4 Å². The molecule has 1 aromatic carbocycles. The first-order valence-corrected chi connectivity index (χ1v) is 8.63. The SMILES string of the molecule is CC(=O)Nc1cc(NC(C)=O)cc(C(=O)N(C)Cc2sccc2C)c1. The summed E-state index contributed by atoms with van der Waals surface area (Å²) < 4.78 is 0. The molecule has 2 N–H and O–H groups in total. The van der Waals surface area contributed by atoms with Crippen molar-refractivity contribution in [3.8, 4) is 0 Å². The predicted octanol–water partition coefficient (Wildman–Crippen LogP) is 3.25. The Balaban J connectivity index is 2.28. The van der Waals surface area contributed by atoms with Crippen LogP contribution in [0.3, 0.4) is 0 Å². The first kappa shape index (κ1) is 18.7. The van der Waals surface area contributed by atoms with Gasteiger partial charge in [-0.05, 0) is 42.1 Å². The summed E-state index contributed by atoms with van der Waals surface area (Å²) in [6.07, 6.45) is 0. The number of nitrogens with zero attached hydrogens (tertiary/aromatic N) is 1. The normalized spacial score (nSPS) is 10.2. The van der Waals surface area contributed by atoms with Crippen LogP contribution in [0.5, 0.6) is 0 Å². The molecule has 3 amide bonds. The first-order valence-electron chi connectivity index (χ1n) is 7.75. The van der Waals surface area contributed by atoms with Crippen LogP contribution in [0.1, 0.15) is 34.6 Å². The Kier molecular flexibility index (Phi) is 5.93. The molecule has 25 heavy (non-hydrogen) atoms. The number of hydrogen-bond acceptors (Lipinski definition) is 4. The van der Waals surface area contributed by atoms with Gasteiger partial charge < -0.3 is 15.5 Å². The van der Waals surface area contributed by atoms with E-state index in [2.05, 4.69) is 10.6 Å². The quantitative estimate of drug-likeness (QED) is 0.860. The van der Waals surface area contributed by atoms with Crippen LogP contribution >= 0.6 is 11.3 Å². The van der Waals surface area contributed by atoms with Crippen molar-refractivity contribution < 1.29 is 14.4 Å². The van der Waals surface area contributed by atoms with Crippen molar-refractivity contribution in [2.75, 3.05) is 17.7 Å². The van der Waals surface area contributed by atoms with E-state index in [1.807, 2.05) is 18.4 Å². The van der Waals surface area contributed by atoms with Crippen molar-refractivity contribution in [3.63, 3.8) is 0 Å². The molecule has 0 aliphatic rings. The minimum absolute atomic E-state index is 0.188. The highest BCUT2D eigenvalue weighted by atomic mass is 32.1. The lowest BCUT2D eigenvalue weighted by Gasteiger charge is -2.18. The fourth-order valence-corrected chi connectivity index (χ4v) is 3.33. The van der Waals surface area contributed by atoms with E-state index < -0.39 is 0 Å². The van der Waals surface area contributed by atoms with E-state index >= 15 is 0 Å². The third-order valence-electron chi connectivity index (χ3n) is 3.52. The van der Waals surface area contributed by atoms with E-state index in [9.17, 15) is 14.4 Å². The lowest BCUT2D eigenvalue weighted by Crippen LogP contribution is -2.26. The fraction of sp³-hybridized carbons (Fsp3) is 0.278. The summed E-state index contributed by atoms with van der Waals surface area (Å²) in [5, 5.41) is 7.29. The largest absolute Gasteiger partial charge is 0.337 e. The number of amides is 3. The Morgan fingerprint density at radius 2 is 1.60 bits per heavy atom. The van der Waals surface area contributed by atoms with Crippen molar-refractivity contribution in [2.24, 2.45) is 0 Å². The Morgan fingerprint density at radius 3 is 2.04 bits per heavy atom. The highest BCUT2D eigenvalue weighted by molar-refractivity contribution is 7.10. The molecule has 1 aromatic heterocycles. The molecular formula is C18H21N3O3S. The van der Waals surface area contributed by atoms with Gasteiger partial charge in [0.15, 0.2) is 0 Å². The van der Waals surface area contributed by atoms with Crippen LogP contribution in [0, 0.1) is 6.92 Å². The number of carbonyl (C=O) groups is 3. The Hall–Kier alpha value is -2.67. The van der Waals surface area contributed by atoms with Crippen LogP contribution in [0.15, 0.2) is 29.6 Å². The van der Waals surface area contributed by atoms with Gasteiger partial charge in [-0.1, -0.05) is 0 Å². The summed E-state index contributed by atoms with van der Waals surface area (Å²) in [5.41, 5.74) is 2.47. The molecule has 0 atom stereocenters. The summed E-state index contributed by atoms with van der Waals surface area (Å²) in [7, 11) is 1.73. The highest BCUT2D eigenvalue weighted by Gasteiger charge is 2.16. The van der Waals surface area contributed by atoms with E-state index in [0.29, 0.717) is 23.5 Å². The average molecular weight is 359 g/mol. The topological polar surface area (TPSA) is 78.5 Å². The molecule has 2 aromatic rings. The summed E-state index contributed by atoms with van der Waals surface area (Å²) in [6.45, 7) is 5.29. The summed E-state index contributed by atoms with van der Waals surface area (Å²) >= 11 is 1.61. The van der Waals surface area contributed by atoms with Gasteiger partial charge in [-0.3, -0.25) is 14.4 Å². The van der Waals surface area contributed by atoms with Crippen LogP contribution in [0.4, 0.5) is 11.4 Å². The summed E-state index contributed by atoms with van der Waals surface area (Å²) in [5.74, 6) is -0.687. The van der Waals surface area contributed by atoms with E-state index in [4.69, 9.17) is 0 Å². The van der Waals surface area contributed by atoms with Crippen LogP contribution in [0.2, 0.25) is 0 Å². The molecule has 0 saturated carbocycles. The molecule has 132 valence electrons. The molecule has 0 fully saturated rings. The molecule has 0 spiro atoms. The van der Waals surface area contributed by atoms with Gasteiger partial charge in [0.2, 0.25) is 11.8 Å². The van der Waals surface area contributed by atoms with Crippen LogP contribution in [-0.2, 0) is 16.1 Å². The molecule has 0 unspecified atom stereocenters. The van der Waals surface area contributed by atoms with Gasteiger partial charge in [0.05, 0.1) is 6.54 Å². The third kappa shape index (κ3) is 5.15. The number of anilines is 2. The number of thiophene rings is 1. The first-order chi connectivity index (χ1) is 11.8. The molecule has 0 radical (unpaired) electrons. The Labute approximate surface area is 150 Å². The molecular weight excluding hydrogens is 338 g/mol. The van der Waals surface area contributed by atoms with Crippen LogP contribution < -0.4 is 10.6 Å². The molecule has 6 nitrogen and oxygen atoms in total. The second-order valence-electron chi connectivity index (χ2n) is 5.85. The van der Waals surface area contributed by atoms with E-state index in [1.54, 1.807) is 41.5 Å². The van der Waals surface area contributed by atoms with Crippen LogP contribution in [-0.4, -0.2) is 29.7 Å². The minimum atomic E-state index is -0.249. The fourth-order valence-electron chi connectivity index (χ4n) is 2.38. The molecule has 0 bridgehead atoms. The van der Waals surface area contributed by atoms with Crippen molar-refractivity contribution in [1.29, 1.82) is 0 Å². The third-order valence-corrected chi connectivity index (χ3v) is 4.52. The number of carbonyl (C=O) groups excluding carboxylic acids is 3. The van der Waals surface area contributed by atoms with Gasteiger partial charge in [0.1, 0.15) is 0 Å². The van der Waals surface area contributed by atoms with Crippen molar-refractivity contribution in [2.45, 2.75) is 27.3 Å². The van der Waals surface area contributed by atoms with Crippen molar-refractivity contribution in [1.82, 2.24) is 4.90 Å². The summed E-state index contributed by atoms with van der Waals surface area (Å²) in [6, 6.07) is 6.84. The number of benzene rings is 1. The Bertz CT molecular complexity index is 779. The number of aryl methyl sites for hydroxylation is 1. The molecule has 0 saturated heterocycles. The summed E-state index contributed by atoms with van der Waals surface area (Å²) in [4.78, 5) is 38.1. The number of hydrogen-bond donors (Lipinski definition) is 2. The Morgan fingerprint density at radius 1 is 1.04 bits per heavy atom. The standard InChI is InChI=1S/C18H21N3O3S/c1-11-5-6-25-17(11)10-21(4)18(24)14-7-15(19-12(2)22)9-16(8-14)20-13(3)23/h5-9H,10H2,1-4H3,(H,19,22)(H,20,23). The minimum Gasteiger partial charge on any atom is -0.337 e. The van der Waals surface area contributed by atoms with Crippen LogP contribution in [0.25, 0.3) is 0 Å². The maximum Gasteiger partial charge on any atom is 0.254 e. The molecule has 2 rings (SSSR count). The van der Waals surface area contributed by atoms with Crippen molar-refractivity contribution in [3.05, 3.63) is 45.6 Å². The van der Waals surface area contributed by atoms with Gasteiger partial charge in [0.25, 0.3) is 5.91 Å². The lowest BCUT2D eigenvalue weighted by molar-refractivity contribution is -0.115. The zero-order chi connectivity index (χ0) is 18.6.